The summed E-state index contributed by atoms with van der Waals surface area (Å²) in [4.78, 5) is 21.6. The maximum Gasteiger partial charge on any atom is 0.242 e. The van der Waals surface area contributed by atoms with Gasteiger partial charge in [0.1, 0.15) is 5.76 Å². The van der Waals surface area contributed by atoms with Crippen molar-refractivity contribution >= 4 is 5.91 Å². The predicted octanol–water partition coefficient (Wildman–Crippen LogP) is 1.47. The number of amides is 1. The van der Waals surface area contributed by atoms with E-state index in [9.17, 15) is 4.79 Å². The van der Waals surface area contributed by atoms with Crippen molar-refractivity contribution in [3.8, 4) is 0 Å². The minimum Gasteiger partial charge on any atom is -0.444 e. The number of oxazole rings is 1. The Labute approximate surface area is 138 Å². The van der Waals surface area contributed by atoms with Gasteiger partial charge in [0, 0.05) is 26.2 Å². The third-order valence-electron chi connectivity index (χ3n) is 5.18. The second-order valence-corrected chi connectivity index (χ2v) is 7.03. The van der Waals surface area contributed by atoms with Crippen molar-refractivity contribution < 1.29 is 9.21 Å². The molecule has 0 aromatic carbocycles. The van der Waals surface area contributed by atoms with Crippen LogP contribution in [-0.2, 0) is 11.3 Å². The van der Waals surface area contributed by atoms with E-state index in [0.29, 0.717) is 0 Å². The van der Waals surface area contributed by atoms with Crippen LogP contribution in [-0.4, -0.2) is 59.0 Å². The summed E-state index contributed by atoms with van der Waals surface area (Å²) in [5.41, 5.74) is 0.599. The number of piperidine rings is 1. The van der Waals surface area contributed by atoms with E-state index in [4.69, 9.17) is 4.42 Å². The number of nitrogens with zero attached hydrogens (tertiary/aromatic N) is 3. The van der Waals surface area contributed by atoms with Crippen molar-refractivity contribution in [2.45, 2.75) is 52.1 Å². The van der Waals surface area contributed by atoms with Crippen LogP contribution in [0.1, 0.15) is 43.5 Å². The molecule has 0 radical (unpaired) electrons. The number of hydrogen-bond donors (Lipinski definition) is 1. The lowest BCUT2D eigenvalue weighted by Crippen LogP contribution is -2.61. The number of nitrogens with one attached hydrogen (secondary N) is 1. The summed E-state index contributed by atoms with van der Waals surface area (Å²) in [5, 5.41) is 3.42. The molecule has 1 amide bonds. The van der Waals surface area contributed by atoms with Crippen molar-refractivity contribution in [3.63, 3.8) is 0 Å². The van der Waals surface area contributed by atoms with Crippen LogP contribution in [0.25, 0.3) is 0 Å². The van der Waals surface area contributed by atoms with E-state index in [-0.39, 0.29) is 11.4 Å². The van der Waals surface area contributed by atoms with E-state index >= 15 is 0 Å². The SMILES string of the molecule is Cc1nc(CN2CCN(C(=O)C3(C)CCCCN3)CC2)oc1C. The molecule has 2 aliphatic heterocycles. The van der Waals surface area contributed by atoms with E-state index in [2.05, 4.69) is 22.1 Å². The monoisotopic (exact) mass is 320 g/mol. The lowest BCUT2D eigenvalue weighted by Gasteiger charge is -2.41. The van der Waals surface area contributed by atoms with Gasteiger partial charge in [-0.3, -0.25) is 9.69 Å². The molecule has 23 heavy (non-hydrogen) atoms. The van der Waals surface area contributed by atoms with Gasteiger partial charge in [-0.05, 0) is 46.6 Å². The first kappa shape index (κ1) is 16.5. The molecular weight excluding hydrogens is 292 g/mol. The standard InChI is InChI=1S/C17H28N4O2/c1-13-14(2)23-15(19-13)12-20-8-10-21(11-9-20)16(22)17(3)6-4-5-7-18-17/h18H,4-12H2,1-3H3. The first-order valence-corrected chi connectivity index (χ1v) is 8.67. The Bertz CT molecular complexity index is 535. The molecule has 0 spiro atoms. The van der Waals surface area contributed by atoms with Gasteiger partial charge in [0.05, 0.1) is 17.8 Å². The molecule has 128 valence electrons. The van der Waals surface area contributed by atoms with E-state index in [0.717, 1.165) is 69.5 Å². The second kappa shape index (κ2) is 6.61. The summed E-state index contributed by atoms with van der Waals surface area (Å²) in [6.45, 7) is 11.0. The Morgan fingerprint density at radius 2 is 2.00 bits per heavy atom. The third kappa shape index (κ3) is 3.58. The van der Waals surface area contributed by atoms with Crippen LogP contribution >= 0.6 is 0 Å². The van der Waals surface area contributed by atoms with Gasteiger partial charge in [-0.2, -0.15) is 0 Å². The van der Waals surface area contributed by atoms with Gasteiger partial charge in [0.15, 0.2) is 0 Å². The maximum atomic E-state index is 12.8. The third-order valence-corrected chi connectivity index (χ3v) is 5.18. The molecule has 1 aromatic heterocycles. The Hall–Kier alpha value is -1.40. The van der Waals surface area contributed by atoms with Crippen LogP contribution < -0.4 is 5.32 Å². The van der Waals surface area contributed by atoms with Gasteiger partial charge in [-0.1, -0.05) is 0 Å². The molecular formula is C17H28N4O2. The number of aryl methyl sites for hydroxylation is 2. The van der Waals surface area contributed by atoms with Gasteiger partial charge in [-0.25, -0.2) is 4.98 Å². The molecule has 0 aliphatic carbocycles. The average Bonchev–Trinajstić information content (AvgIpc) is 2.86. The van der Waals surface area contributed by atoms with E-state index in [1.165, 1.54) is 6.42 Å². The molecule has 6 nitrogen and oxygen atoms in total. The number of rotatable bonds is 3. The zero-order chi connectivity index (χ0) is 16.4. The zero-order valence-corrected chi connectivity index (χ0v) is 14.5. The van der Waals surface area contributed by atoms with Gasteiger partial charge in [0.2, 0.25) is 11.8 Å². The molecule has 2 aliphatic rings. The second-order valence-electron chi connectivity index (χ2n) is 7.03. The van der Waals surface area contributed by atoms with Gasteiger partial charge >= 0.3 is 0 Å². The molecule has 1 unspecified atom stereocenters. The normalized spacial score (nSPS) is 26.5. The Morgan fingerprint density at radius 3 is 2.57 bits per heavy atom. The summed E-state index contributed by atoms with van der Waals surface area (Å²) in [6.07, 6.45) is 3.25. The Balaban J connectivity index is 1.52. The number of piperazine rings is 1. The van der Waals surface area contributed by atoms with E-state index in [1.807, 2.05) is 18.7 Å². The van der Waals surface area contributed by atoms with Crippen molar-refractivity contribution in [2.75, 3.05) is 32.7 Å². The molecule has 6 heteroatoms. The zero-order valence-electron chi connectivity index (χ0n) is 14.5. The Kier molecular flexibility index (Phi) is 4.73. The molecule has 0 bridgehead atoms. The van der Waals surface area contributed by atoms with Crippen LogP contribution in [0.2, 0.25) is 0 Å². The number of aromatic nitrogens is 1. The highest BCUT2D eigenvalue weighted by Gasteiger charge is 2.38. The molecule has 1 N–H and O–H groups in total. The largest absolute Gasteiger partial charge is 0.444 e. The highest BCUT2D eigenvalue weighted by molar-refractivity contribution is 5.86. The van der Waals surface area contributed by atoms with E-state index < -0.39 is 0 Å². The molecule has 2 fully saturated rings. The highest BCUT2D eigenvalue weighted by atomic mass is 16.4. The van der Waals surface area contributed by atoms with Gasteiger partial charge in [0.25, 0.3) is 0 Å². The molecule has 0 saturated carbocycles. The fourth-order valence-corrected chi connectivity index (χ4v) is 3.49. The van der Waals surface area contributed by atoms with Crippen LogP contribution in [0.15, 0.2) is 4.42 Å². The topological polar surface area (TPSA) is 61.6 Å². The molecule has 3 rings (SSSR count). The van der Waals surface area contributed by atoms with Crippen molar-refractivity contribution in [1.29, 1.82) is 0 Å². The first-order chi connectivity index (χ1) is 11.0. The summed E-state index contributed by atoms with van der Waals surface area (Å²) >= 11 is 0. The summed E-state index contributed by atoms with van der Waals surface area (Å²) in [6, 6.07) is 0. The lowest BCUT2D eigenvalue weighted by molar-refractivity contribution is -0.140. The molecule has 1 aromatic rings. The fraction of sp³-hybridized carbons (Fsp3) is 0.765. The van der Waals surface area contributed by atoms with Gasteiger partial charge in [-0.15, -0.1) is 0 Å². The number of hydrogen-bond acceptors (Lipinski definition) is 5. The molecule has 3 heterocycles. The Morgan fingerprint density at radius 1 is 1.26 bits per heavy atom. The molecule has 1 atom stereocenters. The molecule has 2 saturated heterocycles. The van der Waals surface area contributed by atoms with Crippen LogP contribution in [0, 0.1) is 13.8 Å². The first-order valence-electron chi connectivity index (χ1n) is 8.67. The number of carbonyl (C=O) groups excluding carboxylic acids is 1. The van der Waals surface area contributed by atoms with Crippen LogP contribution in [0.4, 0.5) is 0 Å². The minimum atomic E-state index is -0.364. The predicted molar refractivity (Wildman–Crippen MR) is 88.1 cm³/mol. The van der Waals surface area contributed by atoms with Crippen molar-refractivity contribution in [3.05, 3.63) is 17.3 Å². The lowest BCUT2D eigenvalue weighted by atomic mass is 9.89. The van der Waals surface area contributed by atoms with Crippen LogP contribution in [0.3, 0.4) is 0 Å². The smallest absolute Gasteiger partial charge is 0.242 e. The summed E-state index contributed by atoms with van der Waals surface area (Å²) in [5.74, 6) is 1.94. The van der Waals surface area contributed by atoms with E-state index in [1.54, 1.807) is 0 Å². The van der Waals surface area contributed by atoms with Crippen molar-refractivity contribution in [1.82, 2.24) is 20.1 Å². The quantitative estimate of drug-likeness (QED) is 0.914. The summed E-state index contributed by atoms with van der Waals surface area (Å²) in [7, 11) is 0. The fourth-order valence-electron chi connectivity index (χ4n) is 3.49. The highest BCUT2D eigenvalue weighted by Crippen LogP contribution is 2.22. The maximum absolute atomic E-state index is 12.8. The van der Waals surface area contributed by atoms with Crippen LogP contribution in [0.5, 0.6) is 0 Å². The average molecular weight is 320 g/mol. The number of carbonyl (C=O) groups is 1. The van der Waals surface area contributed by atoms with Crippen molar-refractivity contribution in [2.24, 2.45) is 0 Å². The summed E-state index contributed by atoms with van der Waals surface area (Å²) < 4.78 is 5.66. The van der Waals surface area contributed by atoms with Gasteiger partial charge < -0.3 is 14.6 Å². The minimum absolute atomic E-state index is 0.264.